The van der Waals surface area contributed by atoms with E-state index in [9.17, 15) is 8.42 Å². The molecular formula is C14H19N3O3S. The van der Waals surface area contributed by atoms with Crippen molar-refractivity contribution in [1.82, 2.24) is 10.5 Å². The second-order valence-electron chi connectivity index (χ2n) is 4.76. The second kappa shape index (κ2) is 6.73. The van der Waals surface area contributed by atoms with E-state index in [1.54, 1.807) is 31.2 Å². The van der Waals surface area contributed by atoms with Gasteiger partial charge < -0.3 is 9.84 Å². The molecule has 6 nitrogen and oxygen atoms in total. The highest BCUT2D eigenvalue weighted by atomic mass is 32.2. The van der Waals surface area contributed by atoms with Gasteiger partial charge in [0.15, 0.2) is 0 Å². The van der Waals surface area contributed by atoms with Crippen molar-refractivity contribution in [1.29, 1.82) is 0 Å². The lowest BCUT2D eigenvalue weighted by Gasteiger charge is -2.07. The average Bonchev–Trinajstić information content (AvgIpc) is 2.84. The summed E-state index contributed by atoms with van der Waals surface area (Å²) in [5.41, 5.74) is 1.66. The first-order valence-corrected chi connectivity index (χ1v) is 8.25. The molecule has 0 bridgehead atoms. The number of aryl methyl sites for hydroxylation is 1. The molecule has 1 heterocycles. The molecule has 0 amide bonds. The maximum atomic E-state index is 12.2. The van der Waals surface area contributed by atoms with Crippen molar-refractivity contribution >= 4 is 15.9 Å². The van der Waals surface area contributed by atoms with Gasteiger partial charge in [-0.25, -0.2) is 13.1 Å². The smallest absolute Gasteiger partial charge is 0.264 e. The van der Waals surface area contributed by atoms with E-state index in [-0.39, 0.29) is 10.8 Å². The molecule has 1 aromatic carbocycles. The molecule has 0 atom stereocenters. The number of nitrogens with zero attached hydrogens (tertiary/aromatic N) is 1. The quantitative estimate of drug-likeness (QED) is 0.767. The number of hydrogen-bond donors (Lipinski definition) is 2. The van der Waals surface area contributed by atoms with Gasteiger partial charge in [-0.05, 0) is 37.6 Å². The van der Waals surface area contributed by atoms with Crippen LogP contribution in [0.4, 0.5) is 5.88 Å². The molecule has 21 heavy (non-hydrogen) atoms. The lowest BCUT2D eigenvalue weighted by Crippen LogP contribution is -2.15. The van der Waals surface area contributed by atoms with Crippen LogP contribution in [0.5, 0.6) is 0 Å². The van der Waals surface area contributed by atoms with Crippen molar-refractivity contribution in [2.24, 2.45) is 0 Å². The van der Waals surface area contributed by atoms with Crippen LogP contribution >= 0.6 is 0 Å². The fraction of sp³-hybridized carbons (Fsp3) is 0.357. The molecule has 2 N–H and O–H groups in total. The van der Waals surface area contributed by atoms with Crippen LogP contribution in [0.15, 0.2) is 39.8 Å². The topological polar surface area (TPSA) is 84.2 Å². The summed E-state index contributed by atoms with van der Waals surface area (Å²) in [7, 11) is -3.65. The number of nitrogens with one attached hydrogen (secondary N) is 2. The normalized spacial score (nSPS) is 11.5. The largest absolute Gasteiger partial charge is 0.338 e. The van der Waals surface area contributed by atoms with Crippen LogP contribution in [-0.4, -0.2) is 20.1 Å². The number of benzene rings is 1. The van der Waals surface area contributed by atoms with Gasteiger partial charge in [-0.15, -0.1) is 0 Å². The summed E-state index contributed by atoms with van der Waals surface area (Å²) in [6.45, 7) is 5.48. The molecule has 0 aliphatic heterocycles. The summed E-state index contributed by atoms with van der Waals surface area (Å²) < 4.78 is 31.6. The molecule has 114 valence electrons. The molecule has 2 aromatic rings. The molecule has 2 rings (SSSR count). The Balaban J connectivity index is 2.06. The minimum absolute atomic E-state index is 0.112. The van der Waals surface area contributed by atoms with Crippen LogP contribution in [0.25, 0.3) is 0 Å². The summed E-state index contributed by atoms with van der Waals surface area (Å²) in [6, 6.07) is 8.27. The number of sulfonamides is 1. The third-order valence-corrected chi connectivity index (χ3v) is 4.22. The maximum absolute atomic E-state index is 12.2. The Hall–Kier alpha value is -1.86. The summed E-state index contributed by atoms with van der Waals surface area (Å²) in [5, 5.41) is 6.90. The molecule has 0 spiro atoms. The molecule has 0 aliphatic rings. The van der Waals surface area contributed by atoms with Crippen LogP contribution in [0.3, 0.4) is 0 Å². The number of hydrogen-bond acceptors (Lipinski definition) is 5. The summed E-state index contributed by atoms with van der Waals surface area (Å²) in [5.74, 6) is 0.112. The zero-order valence-corrected chi connectivity index (χ0v) is 12.9. The van der Waals surface area contributed by atoms with E-state index < -0.39 is 10.0 Å². The van der Waals surface area contributed by atoms with Gasteiger partial charge in [0, 0.05) is 12.6 Å². The number of aromatic nitrogens is 1. The van der Waals surface area contributed by atoms with E-state index in [1.165, 1.54) is 6.07 Å². The molecule has 0 saturated heterocycles. The number of anilines is 1. The minimum Gasteiger partial charge on any atom is -0.338 e. The van der Waals surface area contributed by atoms with E-state index in [0.29, 0.717) is 5.69 Å². The fourth-order valence-electron chi connectivity index (χ4n) is 1.80. The Bertz CT molecular complexity index is 678. The molecule has 7 heteroatoms. The van der Waals surface area contributed by atoms with Crippen molar-refractivity contribution in [2.45, 2.75) is 31.7 Å². The standard InChI is InChI=1S/C14H19N3O3S/c1-3-8-15-10-12-4-6-13(7-5-12)21(18,19)17-14-9-11(2)16-20-14/h4-7,9,15,17H,3,8,10H2,1-2H3. The van der Waals surface area contributed by atoms with Gasteiger partial charge in [0.1, 0.15) is 0 Å². The van der Waals surface area contributed by atoms with E-state index in [1.807, 2.05) is 0 Å². The number of rotatable bonds is 7. The highest BCUT2D eigenvalue weighted by molar-refractivity contribution is 7.92. The summed E-state index contributed by atoms with van der Waals surface area (Å²) in [4.78, 5) is 0.191. The Labute approximate surface area is 124 Å². The lowest BCUT2D eigenvalue weighted by atomic mass is 10.2. The molecule has 1 aromatic heterocycles. The Morgan fingerprint density at radius 2 is 1.95 bits per heavy atom. The van der Waals surface area contributed by atoms with Gasteiger partial charge in [0.2, 0.25) is 5.88 Å². The van der Waals surface area contributed by atoms with Crippen LogP contribution in [0.1, 0.15) is 24.6 Å². The first kappa shape index (κ1) is 15.5. The van der Waals surface area contributed by atoms with Gasteiger partial charge in [-0.1, -0.05) is 24.2 Å². The van der Waals surface area contributed by atoms with Crippen LogP contribution in [-0.2, 0) is 16.6 Å². The van der Waals surface area contributed by atoms with Crippen molar-refractivity contribution < 1.29 is 12.9 Å². The summed E-state index contributed by atoms with van der Waals surface area (Å²) >= 11 is 0. The lowest BCUT2D eigenvalue weighted by molar-refractivity contribution is 0.430. The minimum atomic E-state index is -3.65. The van der Waals surface area contributed by atoms with Gasteiger partial charge >= 0.3 is 0 Å². The Kier molecular flexibility index (Phi) is 4.98. The predicted molar refractivity (Wildman–Crippen MR) is 80.5 cm³/mol. The molecule has 0 fully saturated rings. The fourth-order valence-corrected chi connectivity index (χ4v) is 2.77. The van der Waals surface area contributed by atoms with Gasteiger partial charge in [0.25, 0.3) is 10.0 Å². The van der Waals surface area contributed by atoms with Crippen molar-refractivity contribution in [3.8, 4) is 0 Å². The molecular weight excluding hydrogens is 290 g/mol. The van der Waals surface area contributed by atoms with Gasteiger partial charge in [0.05, 0.1) is 10.6 Å². The second-order valence-corrected chi connectivity index (χ2v) is 6.44. The molecule has 0 saturated carbocycles. The maximum Gasteiger partial charge on any atom is 0.264 e. The first-order valence-electron chi connectivity index (χ1n) is 6.77. The predicted octanol–water partition coefficient (Wildman–Crippen LogP) is 2.28. The Morgan fingerprint density at radius 1 is 1.24 bits per heavy atom. The van der Waals surface area contributed by atoms with E-state index in [0.717, 1.165) is 25.1 Å². The van der Waals surface area contributed by atoms with Crippen molar-refractivity contribution in [3.63, 3.8) is 0 Å². The van der Waals surface area contributed by atoms with E-state index in [2.05, 4.69) is 22.1 Å². The highest BCUT2D eigenvalue weighted by Gasteiger charge is 2.16. The zero-order valence-electron chi connectivity index (χ0n) is 12.1. The third kappa shape index (κ3) is 4.30. The first-order chi connectivity index (χ1) is 10.0. The van der Waals surface area contributed by atoms with Gasteiger partial charge in [-0.3, -0.25) is 0 Å². The third-order valence-electron chi connectivity index (χ3n) is 2.85. The molecule has 0 unspecified atom stereocenters. The monoisotopic (exact) mass is 309 g/mol. The van der Waals surface area contributed by atoms with Crippen LogP contribution < -0.4 is 10.0 Å². The van der Waals surface area contributed by atoms with Crippen molar-refractivity contribution in [2.75, 3.05) is 11.3 Å². The van der Waals surface area contributed by atoms with Crippen molar-refractivity contribution in [3.05, 3.63) is 41.6 Å². The van der Waals surface area contributed by atoms with Crippen LogP contribution in [0.2, 0.25) is 0 Å². The highest BCUT2D eigenvalue weighted by Crippen LogP contribution is 2.17. The summed E-state index contributed by atoms with van der Waals surface area (Å²) in [6.07, 6.45) is 1.06. The Morgan fingerprint density at radius 3 is 2.52 bits per heavy atom. The average molecular weight is 309 g/mol. The zero-order chi connectivity index (χ0) is 15.3. The van der Waals surface area contributed by atoms with E-state index in [4.69, 9.17) is 4.52 Å². The van der Waals surface area contributed by atoms with E-state index >= 15 is 0 Å². The SMILES string of the molecule is CCCNCc1ccc(S(=O)(=O)Nc2cc(C)no2)cc1. The van der Waals surface area contributed by atoms with Gasteiger partial charge in [-0.2, -0.15) is 0 Å². The molecule has 0 aliphatic carbocycles. The van der Waals surface area contributed by atoms with Crippen LogP contribution in [0, 0.1) is 6.92 Å². The molecule has 0 radical (unpaired) electrons.